The third kappa shape index (κ3) is 5.37. The number of rotatable bonds is 6. The van der Waals surface area contributed by atoms with Gasteiger partial charge in [-0.1, -0.05) is 53.5 Å². The smallest absolute Gasteiger partial charge is 0.296 e. The van der Waals surface area contributed by atoms with Crippen LogP contribution in [0.15, 0.2) is 75.8 Å². The Balaban J connectivity index is 1.84. The quantitative estimate of drug-likeness (QED) is 0.170. The van der Waals surface area contributed by atoms with Crippen molar-refractivity contribution in [1.82, 2.24) is 0 Å². The van der Waals surface area contributed by atoms with Crippen LogP contribution in [0, 0.1) is 6.92 Å². The molecular formula is C25H19Cl2N3O6S. The standard InChI is InChI=1S/C25H19Cl2N3O6S/c1-13-7-10-20(37(33,34)35)21(27)22(13)29-30-23-16-6-4-3-5-14(16)11-17(24(23)31)25(32)28-18-12-15(26)8-9-19(18)36-2/h3-12,31H,1-2H3,(H,28,32)(H,33,34,35). The maximum atomic E-state index is 13.2. The summed E-state index contributed by atoms with van der Waals surface area (Å²) in [6, 6.07) is 15.6. The van der Waals surface area contributed by atoms with E-state index >= 15 is 0 Å². The fraction of sp³-hybridized carbons (Fsp3) is 0.0800. The second kappa shape index (κ2) is 10.3. The molecule has 12 heteroatoms. The predicted molar refractivity (Wildman–Crippen MR) is 142 cm³/mol. The molecule has 0 saturated carbocycles. The number of hydrogen-bond acceptors (Lipinski definition) is 7. The van der Waals surface area contributed by atoms with Crippen molar-refractivity contribution < 1.29 is 27.6 Å². The number of fused-ring (bicyclic) bond motifs is 1. The Bertz CT molecular complexity index is 1690. The molecule has 0 unspecified atom stereocenters. The van der Waals surface area contributed by atoms with Crippen molar-refractivity contribution >= 4 is 67.1 Å². The van der Waals surface area contributed by atoms with E-state index in [0.29, 0.717) is 32.8 Å². The van der Waals surface area contributed by atoms with Crippen molar-refractivity contribution in [2.75, 3.05) is 12.4 Å². The molecule has 0 aromatic heterocycles. The predicted octanol–water partition coefficient (Wildman–Crippen LogP) is 7.08. The topological polar surface area (TPSA) is 138 Å². The molecule has 1 amide bonds. The summed E-state index contributed by atoms with van der Waals surface area (Å²) in [5.41, 5.74) is 0.573. The van der Waals surface area contributed by atoms with Gasteiger partial charge in [0.1, 0.15) is 22.0 Å². The maximum absolute atomic E-state index is 13.2. The number of aromatic hydroxyl groups is 1. The Kier molecular flexibility index (Phi) is 7.37. The van der Waals surface area contributed by atoms with Gasteiger partial charge in [0.05, 0.1) is 23.4 Å². The van der Waals surface area contributed by atoms with Crippen LogP contribution >= 0.6 is 23.2 Å². The van der Waals surface area contributed by atoms with Crippen molar-refractivity contribution in [3.05, 3.63) is 81.8 Å². The summed E-state index contributed by atoms with van der Waals surface area (Å²) in [6.07, 6.45) is 0. The molecule has 3 N–H and O–H groups in total. The minimum atomic E-state index is -4.61. The SMILES string of the molecule is COc1ccc(Cl)cc1NC(=O)c1cc2ccccc2c(N=Nc2c(C)ccc(S(=O)(=O)O)c2Cl)c1O. The van der Waals surface area contributed by atoms with E-state index < -0.39 is 26.7 Å². The Morgan fingerprint density at radius 2 is 1.70 bits per heavy atom. The van der Waals surface area contributed by atoms with Gasteiger partial charge in [0.25, 0.3) is 16.0 Å². The van der Waals surface area contributed by atoms with Crippen molar-refractivity contribution in [2.45, 2.75) is 11.8 Å². The first kappa shape index (κ1) is 26.4. The highest BCUT2D eigenvalue weighted by atomic mass is 35.5. The fourth-order valence-corrected chi connectivity index (χ4v) is 4.90. The second-order valence-corrected chi connectivity index (χ2v) is 10.1. The van der Waals surface area contributed by atoms with E-state index in [2.05, 4.69) is 15.5 Å². The number of phenolic OH excluding ortho intramolecular Hbond substituents is 1. The molecule has 0 spiro atoms. The number of azo groups is 1. The third-order valence-corrected chi connectivity index (χ3v) is 7.09. The number of benzene rings is 4. The first-order valence-corrected chi connectivity index (χ1v) is 12.8. The van der Waals surface area contributed by atoms with Crippen LogP contribution < -0.4 is 10.1 Å². The zero-order valence-corrected chi connectivity index (χ0v) is 21.7. The highest BCUT2D eigenvalue weighted by Gasteiger charge is 2.21. The number of amides is 1. The molecule has 0 radical (unpaired) electrons. The normalized spacial score (nSPS) is 11.7. The molecule has 0 heterocycles. The van der Waals surface area contributed by atoms with Crippen LogP contribution in [0.2, 0.25) is 10.0 Å². The Morgan fingerprint density at radius 1 is 1.00 bits per heavy atom. The van der Waals surface area contributed by atoms with E-state index in [1.165, 1.54) is 25.3 Å². The number of ether oxygens (including phenoxy) is 1. The van der Waals surface area contributed by atoms with Crippen LogP contribution in [0.1, 0.15) is 15.9 Å². The third-order valence-electron chi connectivity index (χ3n) is 5.46. The number of carbonyl (C=O) groups excluding carboxylic acids is 1. The van der Waals surface area contributed by atoms with E-state index in [1.54, 1.807) is 43.3 Å². The number of nitrogens with zero attached hydrogens (tertiary/aromatic N) is 2. The monoisotopic (exact) mass is 559 g/mol. The molecule has 0 aliphatic rings. The molecule has 0 bridgehead atoms. The minimum absolute atomic E-state index is 0.0289. The van der Waals surface area contributed by atoms with Crippen molar-refractivity contribution in [1.29, 1.82) is 0 Å². The van der Waals surface area contributed by atoms with Crippen LogP contribution in [0.5, 0.6) is 11.5 Å². The molecule has 0 saturated heterocycles. The summed E-state index contributed by atoms with van der Waals surface area (Å²) in [4.78, 5) is 12.7. The maximum Gasteiger partial charge on any atom is 0.296 e. The van der Waals surface area contributed by atoms with E-state index in [1.807, 2.05) is 0 Å². The van der Waals surface area contributed by atoms with Gasteiger partial charge in [0.2, 0.25) is 0 Å². The molecular weight excluding hydrogens is 541 g/mol. The number of halogens is 2. The Labute approximate surface area is 222 Å². The molecule has 4 aromatic carbocycles. The Morgan fingerprint density at radius 3 is 2.41 bits per heavy atom. The van der Waals surface area contributed by atoms with Gasteiger partial charge in [0.15, 0.2) is 5.75 Å². The van der Waals surface area contributed by atoms with Gasteiger partial charge < -0.3 is 15.2 Å². The summed E-state index contributed by atoms with van der Waals surface area (Å²) in [7, 11) is -3.17. The zero-order valence-electron chi connectivity index (χ0n) is 19.4. The number of methoxy groups -OCH3 is 1. The van der Waals surface area contributed by atoms with Gasteiger partial charge >= 0.3 is 0 Å². The molecule has 0 aliphatic heterocycles. The first-order valence-electron chi connectivity index (χ1n) is 10.6. The lowest BCUT2D eigenvalue weighted by Gasteiger charge is -2.13. The summed E-state index contributed by atoms with van der Waals surface area (Å²) in [5.74, 6) is -0.773. The van der Waals surface area contributed by atoms with Crippen molar-refractivity contribution in [3.8, 4) is 11.5 Å². The molecule has 4 rings (SSSR count). The average molecular weight is 560 g/mol. The molecule has 0 atom stereocenters. The lowest BCUT2D eigenvalue weighted by molar-refractivity contribution is 0.102. The fourth-order valence-electron chi connectivity index (χ4n) is 3.62. The minimum Gasteiger partial charge on any atom is -0.505 e. The lowest BCUT2D eigenvalue weighted by Crippen LogP contribution is -2.13. The molecule has 0 fully saturated rings. The van der Waals surface area contributed by atoms with Crippen LogP contribution in [-0.4, -0.2) is 31.1 Å². The van der Waals surface area contributed by atoms with Gasteiger partial charge in [-0.25, -0.2) is 0 Å². The molecule has 37 heavy (non-hydrogen) atoms. The first-order chi connectivity index (χ1) is 17.5. The number of aryl methyl sites for hydroxylation is 1. The van der Waals surface area contributed by atoms with Crippen molar-refractivity contribution in [2.24, 2.45) is 10.2 Å². The molecule has 4 aromatic rings. The van der Waals surface area contributed by atoms with Crippen LogP contribution in [0.3, 0.4) is 0 Å². The van der Waals surface area contributed by atoms with Gasteiger partial charge in [-0.15, -0.1) is 10.2 Å². The van der Waals surface area contributed by atoms with Crippen LogP contribution in [0.4, 0.5) is 17.1 Å². The summed E-state index contributed by atoms with van der Waals surface area (Å²) < 4.78 is 38.0. The Hall–Kier alpha value is -3.70. The lowest BCUT2D eigenvalue weighted by atomic mass is 10.0. The number of hydrogen-bond donors (Lipinski definition) is 3. The number of phenols is 1. The summed E-state index contributed by atoms with van der Waals surface area (Å²) in [5, 5.41) is 23.0. The summed E-state index contributed by atoms with van der Waals surface area (Å²) >= 11 is 12.2. The molecule has 0 aliphatic carbocycles. The van der Waals surface area contributed by atoms with E-state index in [9.17, 15) is 22.9 Å². The van der Waals surface area contributed by atoms with Crippen LogP contribution in [0.25, 0.3) is 10.8 Å². The van der Waals surface area contributed by atoms with E-state index in [-0.39, 0.29) is 22.0 Å². The van der Waals surface area contributed by atoms with Gasteiger partial charge in [0, 0.05) is 10.4 Å². The number of anilines is 1. The number of nitrogens with one attached hydrogen (secondary N) is 1. The van der Waals surface area contributed by atoms with Gasteiger partial charge in [-0.05, 0) is 48.2 Å². The van der Waals surface area contributed by atoms with E-state index in [0.717, 1.165) is 6.07 Å². The van der Waals surface area contributed by atoms with Gasteiger partial charge in [-0.3, -0.25) is 9.35 Å². The second-order valence-electron chi connectivity index (χ2n) is 7.86. The highest BCUT2D eigenvalue weighted by Crippen LogP contribution is 2.42. The van der Waals surface area contributed by atoms with E-state index in [4.69, 9.17) is 27.9 Å². The molecule has 190 valence electrons. The zero-order chi connectivity index (χ0) is 26.9. The van der Waals surface area contributed by atoms with Crippen molar-refractivity contribution in [3.63, 3.8) is 0 Å². The number of carbonyl (C=O) groups is 1. The van der Waals surface area contributed by atoms with Gasteiger partial charge in [-0.2, -0.15) is 8.42 Å². The molecule has 9 nitrogen and oxygen atoms in total. The highest BCUT2D eigenvalue weighted by molar-refractivity contribution is 7.86. The average Bonchev–Trinajstić information content (AvgIpc) is 2.84. The largest absolute Gasteiger partial charge is 0.505 e. The summed E-state index contributed by atoms with van der Waals surface area (Å²) in [6.45, 7) is 1.62. The van der Waals surface area contributed by atoms with Crippen LogP contribution in [-0.2, 0) is 10.1 Å².